The second-order valence-corrected chi connectivity index (χ2v) is 3.82. The highest BCUT2D eigenvalue weighted by Crippen LogP contribution is 2.08. The largest absolute Gasteiger partial charge is 0.278 e. The predicted octanol–water partition coefficient (Wildman–Crippen LogP) is 1.70. The molecule has 1 N–H and O–H groups in total. The fourth-order valence-electron chi connectivity index (χ4n) is 1.76. The molecule has 1 saturated heterocycles. The summed E-state index contributed by atoms with van der Waals surface area (Å²) >= 11 is 0. The van der Waals surface area contributed by atoms with Crippen LogP contribution in [0.5, 0.6) is 0 Å². The monoisotopic (exact) mass is 204 g/mol. The summed E-state index contributed by atoms with van der Waals surface area (Å²) in [5.74, 6) is 0.220. The Hall–Kier alpha value is -1.35. The molecule has 1 fully saturated rings. The van der Waals surface area contributed by atoms with Crippen molar-refractivity contribution in [3.8, 4) is 0 Å². The van der Waals surface area contributed by atoms with E-state index < -0.39 is 0 Å². The summed E-state index contributed by atoms with van der Waals surface area (Å²) in [6.45, 7) is 1.57. The normalized spacial score (nSPS) is 16.8. The van der Waals surface area contributed by atoms with Crippen molar-refractivity contribution >= 4 is 5.91 Å². The number of piperidine rings is 1. The standard InChI is InChI=1S/C12H16N2O/c15-12-8-4-5-9-14(12)13-10-11-6-2-1-3-7-11/h1-3,6-7,13H,4-5,8-10H2. The van der Waals surface area contributed by atoms with Crippen molar-refractivity contribution < 1.29 is 4.79 Å². The Morgan fingerprint density at radius 3 is 2.73 bits per heavy atom. The van der Waals surface area contributed by atoms with E-state index in [1.807, 2.05) is 18.2 Å². The maximum absolute atomic E-state index is 11.5. The highest BCUT2D eigenvalue weighted by atomic mass is 16.2. The van der Waals surface area contributed by atoms with Gasteiger partial charge in [0.15, 0.2) is 0 Å². The minimum Gasteiger partial charge on any atom is -0.278 e. The number of rotatable bonds is 3. The average Bonchev–Trinajstić information content (AvgIpc) is 2.29. The molecule has 0 unspecified atom stereocenters. The van der Waals surface area contributed by atoms with Gasteiger partial charge in [-0.25, -0.2) is 5.43 Å². The lowest BCUT2D eigenvalue weighted by atomic mass is 10.1. The first kappa shape index (κ1) is 10.2. The molecule has 0 saturated carbocycles. The van der Waals surface area contributed by atoms with Gasteiger partial charge in [-0.15, -0.1) is 0 Å². The van der Waals surface area contributed by atoms with Gasteiger partial charge in [0, 0.05) is 19.5 Å². The van der Waals surface area contributed by atoms with Crippen LogP contribution >= 0.6 is 0 Å². The fourth-order valence-corrected chi connectivity index (χ4v) is 1.76. The van der Waals surface area contributed by atoms with Crippen molar-refractivity contribution in [3.05, 3.63) is 35.9 Å². The highest BCUT2D eigenvalue weighted by Gasteiger charge is 2.16. The van der Waals surface area contributed by atoms with Crippen LogP contribution in [0.2, 0.25) is 0 Å². The van der Waals surface area contributed by atoms with E-state index in [1.165, 1.54) is 5.56 Å². The molecule has 0 aliphatic carbocycles. The van der Waals surface area contributed by atoms with Gasteiger partial charge in [0.25, 0.3) is 0 Å². The van der Waals surface area contributed by atoms with Crippen LogP contribution in [0.3, 0.4) is 0 Å². The Bertz CT molecular complexity index is 324. The molecule has 0 radical (unpaired) electrons. The van der Waals surface area contributed by atoms with Crippen LogP contribution in [0.25, 0.3) is 0 Å². The Morgan fingerprint density at radius 1 is 1.20 bits per heavy atom. The van der Waals surface area contributed by atoms with Crippen LogP contribution in [0.4, 0.5) is 0 Å². The van der Waals surface area contributed by atoms with E-state index >= 15 is 0 Å². The first-order valence-electron chi connectivity index (χ1n) is 5.44. The van der Waals surface area contributed by atoms with Crippen molar-refractivity contribution in [3.63, 3.8) is 0 Å². The van der Waals surface area contributed by atoms with Crippen molar-refractivity contribution in [1.29, 1.82) is 0 Å². The van der Waals surface area contributed by atoms with Crippen molar-refractivity contribution in [2.75, 3.05) is 6.54 Å². The SMILES string of the molecule is O=C1CCCCN1NCc1ccccc1. The molecule has 2 rings (SSSR count). The Kier molecular flexibility index (Phi) is 3.35. The molecular formula is C12H16N2O. The molecule has 3 heteroatoms. The number of amides is 1. The second-order valence-electron chi connectivity index (χ2n) is 3.82. The number of benzene rings is 1. The zero-order chi connectivity index (χ0) is 10.5. The van der Waals surface area contributed by atoms with E-state index in [2.05, 4.69) is 17.6 Å². The molecule has 0 bridgehead atoms. The predicted molar refractivity (Wildman–Crippen MR) is 58.8 cm³/mol. The summed E-state index contributed by atoms with van der Waals surface area (Å²) in [7, 11) is 0. The first-order chi connectivity index (χ1) is 7.36. The molecule has 1 heterocycles. The highest BCUT2D eigenvalue weighted by molar-refractivity contribution is 5.76. The van der Waals surface area contributed by atoms with Crippen LogP contribution in [-0.2, 0) is 11.3 Å². The molecule has 1 amide bonds. The maximum atomic E-state index is 11.5. The molecule has 0 atom stereocenters. The van der Waals surface area contributed by atoms with E-state index in [0.717, 1.165) is 25.9 Å². The van der Waals surface area contributed by atoms with Gasteiger partial charge in [-0.1, -0.05) is 30.3 Å². The average molecular weight is 204 g/mol. The van der Waals surface area contributed by atoms with Gasteiger partial charge in [0.05, 0.1) is 0 Å². The van der Waals surface area contributed by atoms with Crippen LogP contribution in [0.1, 0.15) is 24.8 Å². The Balaban J connectivity index is 1.85. The van der Waals surface area contributed by atoms with Gasteiger partial charge >= 0.3 is 0 Å². The number of hydrogen-bond acceptors (Lipinski definition) is 2. The zero-order valence-electron chi connectivity index (χ0n) is 8.78. The minimum atomic E-state index is 0.220. The van der Waals surface area contributed by atoms with Gasteiger partial charge < -0.3 is 0 Å². The number of carbonyl (C=O) groups excluding carboxylic acids is 1. The first-order valence-corrected chi connectivity index (χ1v) is 5.44. The van der Waals surface area contributed by atoms with Gasteiger partial charge in [-0.2, -0.15) is 0 Å². The van der Waals surface area contributed by atoms with Gasteiger partial charge in [-0.3, -0.25) is 9.80 Å². The molecule has 1 aliphatic rings. The number of carbonyl (C=O) groups is 1. The summed E-state index contributed by atoms with van der Waals surface area (Å²) in [6.07, 6.45) is 2.82. The van der Waals surface area contributed by atoms with Crippen LogP contribution in [-0.4, -0.2) is 17.5 Å². The molecule has 1 aromatic carbocycles. The molecule has 1 aromatic rings. The van der Waals surface area contributed by atoms with Crippen LogP contribution < -0.4 is 5.43 Å². The molecular weight excluding hydrogens is 188 g/mol. The summed E-state index contributed by atoms with van der Waals surface area (Å²) in [6, 6.07) is 10.1. The summed E-state index contributed by atoms with van der Waals surface area (Å²) in [4.78, 5) is 11.5. The lowest BCUT2D eigenvalue weighted by Gasteiger charge is -2.27. The third-order valence-corrected chi connectivity index (χ3v) is 2.64. The van der Waals surface area contributed by atoms with E-state index in [9.17, 15) is 4.79 Å². The van der Waals surface area contributed by atoms with Gasteiger partial charge in [-0.05, 0) is 18.4 Å². The molecule has 0 spiro atoms. The second kappa shape index (κ2) is 4.94. The lowest BCUT2D eigenvalue weighted by Crippen LogP contribution is -2.45. The minimum absolute atomic E-state index is 0.220. The van der Waals surface area contributed by atoms with Crippen LogP contribution in [0, 0.1) is 0 Å². The molecule has 15 heavy (non-hydrogen) atoms. The molecule has 80 valence electrons. The number of hydrazine groups is 1. The van der Waals surface area contributed by atoms with Crippen molar-refractivity contribution in [2.45, 2.75) is 25.8 Å². The Morgan fingerprint density at radius 2 is 2.00 bits per heavy atom. The smallest absolute Gasteiger partial charge is 0.236 e. The van der Waals surface area contributed by atoms with Gasteiger partial charge in [0.1, 0.15) is 0 Å². The fraction of sp³-hybridized carbons (Fsp3) is 0.417. The Labute approximate surface area is 90.1 Å². The third kappa shape index (κ3) is 2.80. The summed E-state index contributed by atoms with van der Waals surface area (Å²) < 4.78 is 0. The molecule has 1 aliphatic heterocycles. The lowest BCUT2D eigenvalue weighted by molar-refractivity contribution is -0.136. The van der Waals surface area contributed by atoms with Crippen LogP contribution in [0.15, 0.2) is 30.3 Å². The van der Waals surface area contributed by atoms with Crippen molar-refractivity contribution in [2.24, 2.45) is 0 Å². The number of nitrogens with one attached hydrogen (secondary N) is 1. The molecule has 0 aromatic heterocycles. The van der Waals surface area contributed by atoms with E-state index in [0.29, 0.717) is 6.42 Å². The zero-order valence-corrected chi connectivity index (χ0v) is 8.78. The summed E-state index contributed by atoms with van der Waals surface area (Å²) in [5, 5.41) is 1.75. The maximum Gasteiger partial charge on any atom is 0.236 e. The number of nitrogens with zero attached hydrogens (tertiary/aromatic N) is 1. The van der Waals surface area contributed by atoms with E-state index in [4.69, 9.17) is 0 Å². The van der Waals surface area contributed by atoms with Gasteiger partial charge in [0.2, 0.25) is 5.91 Å². The third-order valence-electron chi connectivity index (χ3n) is 2.64. The van der Waals surface area contributed by atoms with E-state index in [1.54, 1.807) is 5.01 Å². The number of hydrogen-bond donors (Lipinski definition) is 1. The summed E-state index contributed by atoms with van der Waals surface area (Å²) in [5.41, 5.74) is 4.38. The quantitative estimate of drug-likeness (QED) is 0.812. The topological polar surface area (TPSA) is 32.3 Å². The van der Waals surface area contributed by atoms with Crippen molar-refractivity contribution in [1.82, 2.24) is 10.4 Å². The molecule has 3 nitrogen and oxygen atoms in total. The van der Waals surface area contributed by atoms with E-state index in [-0.39, 0.29) is 5.91 Å².